The van der Waals surface area contributed by atoms with Gasteiger partial charge in [-0.2, -0.15) is 4.98 Å². The number of ether oxygens (including phenoxy) is 2. The van der Waals surface area contributed by atoms with Gasteiger partial charge in [-0.15, -0.1) is 0 Å². The number of carbonyl (C=O) groups excluding carboxylic acids is 2. The molecule has 0 aromatic carbocycles. The van der Waals surface area contributed by atoms with Gasteiger partial charge < -0.3 is 30.3 Å². The lowest BCUT2D eigenvalue weighted by molar-refractivity contribution is -0.0760. The molecule has 0 spiro atoms. The molecule has 13 nitrogen and oxygen atoms in total. The van der Waals surface area contributed by atoms with Crippen LogP contribution in [0.4, 0.5) is 30.1 Å². The standard InChI is InChI=1S/C23H31F2N9O4/c1-3-37-19-12-28-17(11-29-19)31-21(35)33(2)16-13-34(10-8-23(16,24)25)20-27-9-7-18(32-20)38-22(36)30-15-6-4-5-14(15)26/h7,9,11-12,14-16H,3-6,8,10,13,26H2,1-2H3,(H,30,36)(H,28,31,35)/t14-,15-,16+/m1/s1. The van der Waals surface area contributed by atoms with Crippen LogP contribution >= 0.6 is 0 Å². The fourth-order valence-electron chi connectivity index (χ4n) is 4.40. The number of carbonyl (C=O) groups is 2. The molecular weight excluding hydrogens is 504 g/mol. The van der Waals surface area contributed by atoms with Gasteiger partial charge >= 0.3 is 12.1 Å². The normalized spacial score (nSPS) is 22.4. The highest BCUT2D eigenvalue weighted by molar-refractivity contribution is 5.88. The van der Waals surface area contributed by atoms with E-state index in [1.54, 1.807) is 6.92 Å². The minimum atomic E-state index is -3.17. The highest BCUT2D eigenvalue weighted by Crippen LogP contribution is 2.33. The number of nitrogens with one attached hydrogen (secondary N) is 2. The Bertz CT molecular complexity index is 1120. The van der Waals surface area contributed by atoms with E-state index in [0.29, 0.717) is 6.61 Å². The van der Waals surface area contributed by atoms with Gasteiger partial charge in [-0.3, -0.25) is 5.32 Å². The van der Waals surface area contributed by atoms with Crippen molar-refractivity contribution in [3.63, 3.8) is 0 Å². The van der Waals surface area contributed by atoms with E-state index in [1.807, 2.05) is 0 Å². The minimum absolute atomic E-state index is 0.0341. The molecule has 0 unspecified atom stereocenters. The van der Waals surface area contributed by atoms with Crippen molar-refractivity contribution >= 4 is 23.9 Å². The minimum Gasteiger partial charge on any atom is -0.477 e. The zero-order valence-electron chi connectivity index (χ0n) is 21.1. The molecule has 1 saturated carbocycles. The maximum absolute atomic E-state index is 14.9. The SMILES string of the molecule is CCOc1cnc(NC(=O)N(C)[C@H]2CN(c3nccc(OC(=O)N[C@@H]4CCC[C@H]4N)n3)CCC2(F)F)cn1. The average molecular weight is 536 g/mol. The molecule has 1 saturated heterocycles. The lowest BCUT2D eigenvalue weighted by Crippen LogP contribution is -2.60. The summed E-state index contributed by atoms with van der Waals surface area (Å²) >= 11 is 0. The number of hydrogen-bond acceptors (Lipinski definition) is 10. The number of aromatic nitrogens is 4. The van der Waals surface area contributed by atoms with E-state index in [9.17, 15) is 18.4 Å². The van der Waals surface area contributed by atoms with Crippen LogP contribution in [0, 0.1) is 0 Å². The first-order valence-corrected chi connectivity index (χ1v) is 12.3. The number of amides is 3. The summed E-state index contributed by atoms with van der Waals surface area (Å²) in [6.45, 7) is 1.88. The Balaban J connectivity index is 1.39. The summed E-state index contributed by atoms with van der Waals surface area (Å²) in [4.78, 5) is 43.8. The third-order valence-electron chi connectivity index (χ3n) is 6.51. The van der Waals surface area contributed by atoms with Crippen LogP contribution in [0.25, 0.3) is 0 Å². The van der Waals surface area contributed by atoms with E-state index in [2.05, 4.69) is 30.6 Å². The molecule has 38 heavy (non-hydrogen) atoms. The summed E-state index contributed by atoms with van der Waals surface area (Å²) in [6.07, 6.45) is 5.24. The third kappa shape index (κ3) is 6.51. The molecule has 2 aromatic rings. The Hall–Kier alpha value is -3.88. The first kappa shape index (κ1) is 27.2. The van der Waals surface area contributed by atoms with Gasteiger partial charge in [-0.1, -0.05) is 0 Å². The van der Waals surface area contributed by atoms with Gasteiger partial charge in [0.1, 0.15) is 6.04 Å². The van der Waals surface area contributed by atoms with Crippen LogP contribution in [-0.4, -0.2) is 87.8 Å². The van der Waals surface area contributed by atoms with Crippen LogP contribution < -0.4 is 30.7 Å². The molecule has 1 aliphatic heterocycles. The molecule has 0 bridgehead atoms. The van der Waals surface area contributed by atoms with Crippen molar-refractivity contribution in [2.45, 2.75) is 56.7 Å². The third-order valence-corrected chi connectivity index (χ3v) is 6.51. The number of piperidine rings is 1. The molecule has 4 rings (SSSR count). The Morgan fingerprint density at radius 3 is 2.74 bits per heavy atom. The fourth-order valence-corrected chi connectivity index (χ4v) is 4.40. The molecule has 4 N–H and O–H groups in total. The van der Waals surface area contributed by atoms with Gasteiger partial charge in [0.25, 0.3) is 5.92 Å². The van der Waals surface area contributed by atoms with Crippen LogP contribution in [0.2, 0.25) is 0 Å². The number of urea groups is 1. The first-order chi connectivity index (χ1) is 18.2. The van der Waals surface area contributed by atoms with Crippen LogP contribution in [-0.2, 0) is 0 Å². The molecule has 3 amide bonds. The van der Waals surface area contributed by atoms with Crippen LogP contribution in [0.5, 0.6) is 11.8 Å². The molecule has 15 heteroatoms. The van der Waals surface area contributed by atoms with Gasteiger partial charge in [0.15, 0.2) is 5.82 Å². The second-order valence-electron chi connectivity index (χ2n) is 9.12. The molecule has 3 atom stereocenters. The Kier molecular flexibility index (Phi) is 8.34. The monoisotopic (exact) mass is 535 g/mol. The highest BCUT2D eigenvalue weighted by Gasteiger charge is 2.48. The van der Waals surface area contributed by atoms with Crippen molar-refractivity contribution in [1.29, 1.82) is 0 Å². The van der Waals surface area contributed by atoms with Crippen LogP contribution in [0.15, 0.2) is 24.7 Å². The number of hydrogen-bond donors (Lipinski definition) is 3. The van der Waals surface area contributed by atoms with Crippen molar-refractivity contribution in [2.24, 2.45) is 5.73 Å². The number of nitrogens with two attached hydrogens (primary N) is 1. The van der Waals surface area contributed by atoms with Gasteiger partial charge in [0.2, 0.25) is 17.7 Å². The van der Waals surface area contributed by atoms with E-state index in [1.165, 1.54) is 36.6 Å². The molecule has 1 aliphatic carbocycles. The second-order valence-corrected chi connectivity index (χ2v) is 9.12. The summed E-state index contributed by atoms with van der Waals surface area (Å²) in [5.41, 5.74) is 5.98. The van der Waals surface area contributed by atoms with Crippen molar-refractivity contribution < 1.29 is 27.8 Å². The van der Waals surface area contributed by atoms with Crippen LogP contribution in [0.1, 0.15) is 32.6 Å². The molecule has 0 radical (unpaired) electrons. The predicted molar refractivity (Wildman–Crippen MR) is 132 cm³/mol. The largest absolute Gasteiger partial charge is 0.477 e. The molecule has 2 aromatic heterocycles. The van der Waals surface area contributed by atoms with E-state index >= 15 is 0 Å². The molecule has 206 valence electrons. The van der Waals surface area contributed by atoms with E-state index in [0.717, 1.165) is 24.2 Å². The summed E-state index contributed by atoms with van der Waals surface area (Å²) in [5.74, 6) is -2.74. The molecular formula is C23H31F2N9O4. The van der Waals surface area contributed by atoms with Crippen molar-refractivity contribution in [2.75, 3.05) is 37.0 Å². The topological polar surface area (TPSA) is 161 Å². The maximum atomic E-state index is 14.9. The van der Waals surface area contributed by atoms with Gasteiger partial charge in [0, 0.05) is 50.9 Å². The number of nitrogens with zero attached hydrogens (tertiary/aromatic N) is 6. The number of halogens is 2. The fraction of sp³-hybridized carbons (Fsp3) is 0.565. The Morgan fingerprint density at radius 1 is 1.24 bits per heavy atom. The lowest BCUT2D eigenvalue weighted by atomic mass is 10.00. The van der Waals surface area contributed by atoms with Crippen LogP contribution in [0.3, 0.4) is 0 Å². The van der Waals surface area contributed by atoms with E-state index < -0.39 is 30.5 Å². The maximum Gasteiger partial charge on any atom is 0.414 e. The van der Waals surface area contributed by atoms with Crippen molar-refractivity contribution in [1.82, 2.24) is 30.2 Å². The Morgan fingerprint density at radius 2 is 2.05 bits per heavy atom. The van der Waals surface area contributed by atoms with Crippen molar-refractivity contribution in [3.05, 3.63) is 24.7 Å². The molecule has 2 aliphatic rings. The summed E-state index contributed by atoms with van der Waals surface area (Å²) in [5, 5.41) is 5.19. The number of alkyl halides is 2. The van der Waals surface area contributed by atoms with E-state index in [4.69, 9.17) is 15.2 Å². The quantitative estimate of drug-likeness (QED) is 0.478. The highest BCUT2D eigenvalue weighted by atomic mass is 19.3. The predicted octanol–water partition coefficient (Wildman–Crippen LogP) is 2.01. The molecule has 2 fully saturated rings. The molecule has 3 heterocycles. The number of likely N-dealkylation sites (N-methyl/N-ethyl adjacent to an activating group) is 1. The lowest BCUT2D eigenvalue weighted by Gasteiger charge is -2.42. The second kappa shape index (κ2) is 11.7. The summed E-state index contributed by atoms with van der Waals surface area (Å²) < 4.78 is 40.3. The number of anilines is 2. The zero-order chi connectivity index (χ0) is 27.3. The first-order valence-electron chi connectivity index (χ1n) is 12.3. The zero-order valence-corrected chi connectivity index (χ0v) is 21.1. The summed E-state index contributed by atoms with van der Waals surface area (Å²) in [6, 6.07) is -1.19. The van der Waals surface area contributed by atoms with Gasteiger partial charge in [0.05, 0.1) is 19.0 Å². The van der Waals surface area contributed by atoms with Gasteiger partial charge in [-0.25, -0.2) is 33.3 Å². The smallest absolute Gasteiger partial charge is 0.414 e. The average Bonchev–Trinajstić information content (AvgIpc) is 3.28. The van der Waals surface area contributed by atoms with Gasteiger partial charge in [-0.05, 0) is 26.2 Å². The Labute approximate surface area is 218 Å². The number of rotatable bonds is 7. The van der Waals surface area contributed by atoms with E-state index in [-0.39, 0.29) is 48.7 Å². The summed E-state index contributed by atoms with van der Waals surface area (Å²) in [7, 11) is 1.28. The van der Waals surface area contributed by atoms with Crippen molar-refractivity contribution in [3.8, 4) is 11.8 Å².